The summed E-state index contributed by atoms with van der Waals surface area (Å²) >= 11 is 0. The SMILES string of the molecule is C=CCOc1c(/C=C2/C(=O)NN(c3ccccc3)C2=O)cccc1OC. The van der Waals surface area contributed by atoms with Crippen LogP contribution in [0.15, 0.2) is 66.8 Å². The summed E-state index contributed by atoms with van der Waals surface area (Å²) in [4.78, 5) is 25.0. The number of rotatable bonds is 6. The molecule has 0 aromatic heterocycles. The van der Waals surface area contributed by atoms with Crippen molar-refractivity contribution in [1.82, 2.24) is 5.43 Å². The van der Waals surface area contributed by atoms with E-state index >= 15 is 0 Å². The Hall–Kier alpha value is -3.54. The van der Waals surface area contributed by atoms with Gasteiger partial charge in [0, 0.05) is 5.56 Å². The second-order valence-electron chi connectivity index (χ2n) is 5.45. The third-order valence-corrected chi connectivity index (χ3v) is 3.78. The minimum Gasteiger partial charge on any atom is -0.493 e. The molecule has 2 aromatic rings. The van der Waals surface area contributed by atoms with Gasteiger partial charge in [-0.3, -0.25) is 15.0 Å². The number of hydrogen-bond acceptors (Lipinski definition) is 4. The molecule has 3 rings (SSSR count). The van der Waals surface area contributed by atoms with Crippen molar-refractivity contribution in [1.29, 1.82) is 0 Å². The zero-order valence-electron chi connectivity index (χ0n) is 14.3. The molecule has 26 heavy (non-hydrogen) atoms. The number of hydrazine groups is 1. The Morgan fingerprint density at radius 2 is 1.88 bits per heavy atom. The predicted octanol–water partition coefficient (Wildman–Crippen LogP) is 2.72. The number of amides is 2. The maximum Gasteiger partial charge on any atom is 0.282 e. The van der Waals surface area contributed by atoms with E-state index in [0.717, 1.165) is 0 Å². The van der Waals surface area contributed by atoms with Crippen molar-refractivity contribution in [3.8, 4) is 11.5 Å². The Labute approximate surface area is 151 Å². The molecule has 0 radical (unpaired) electrons. The van der Waals surface area contributed by atoms with Gasteiger partial charge in [-0.2, -0.15) is 0 Å². The number of ether oxygens (including phenoxy) is 2. The van der Waals surface area contributed by atoms with Crippen molar-refractivity contribution in [3.63, 3.8) is 0 Å². The first-order chi connectivity index (χ1) is 12.7. The molecule has 1 fully saturated rings. The monoisotopic (exact) mass is 350 g/mol. The van der Waals surface area contributed by atoms with Crippen LogP contribution in [0.3, 0.4) is 0 Å². The van der Waals surface area contributed by atoms with Gasteiger partial charge in [0.05, 0.1) is 12.8 Å². The van der Waals surface area contributed by atoms with E-state index < -0.39 is 11.8 Å². The first-order valence-electron chi connectivity index (χ1n) is 7.98. The molecule has 0 spiro atoms. The third-order valence-electron chi connectivity index (χ3n) is 3.78. The van der Waals surface area contributed by atoms with Gasteiger partial charge in [0.15, 0.2) is 11.5 Å². The molecule has 1 aliphatic heterocycles. The summed E-state index contributed by atoms with van der Waals surface area (Å²) in [6.07, 6.45) is 3.11. The number of methoxy groups -OCH3 is 1. The molecule has 0 atom stereocenters. The minimum atomic E-state index is -0.476. The van der Waals surface area contributed by atoms with E-state index in [1.165, 1.54) is 18.2 Å². The third kappa shape index (κ3) is 3.30. The van der Waals surface area contributed by atoms with Crippen LogP contribution in [0.25, 0.3) is 6.08 Å². The standard InChI is InChI=1S/C20H18N2O4/c1-3-12-26-18-14(8-7-11-17(18)25-2)13-16-19(23)21-22(20(16)24)15-9-5-4-6-10-15/h3-11,13H,1,12H2,2H3,(H,21,23)/b16-13-. The number of carbonyl (C=O) groups excluding carboxylic acids is 2. The molecular weight excluding hydrogens is 332 g/mol. The fourth-order valence-electron chi connectivity index (χ4n) is 2.58. The van der Waals surface area contributed by atoms with Crippen LogP contribution in [0, 0.1) is 0 Å². The lowest BCUT2D eigenvalue weighted by Gasteiger charge is -2.14. The van der Waals surface area contributed by atoms with Gasteiger partial charge in [0.2, 0.25) is 0 Å². The van der Waals surface area contributed by atoms with Crippen molar-refractivity contribution >= 4 is 23.6 Å². The lowest BCUT2D eigenvalue weighted by atomic mass is 10.1. The maximum absolute atomic E-state index is 12.7. The molecule has 132 valence electrons. The van der Waals surface area contributed by atoms with Gasteiger partial charge in [-0.05, 0) is 24.3 Å². The molecule has 0 bridgehead atoms. The summed E-state index contributed by atoms with van der Waals surface area (Å²) in [6, 6.07) is 14.2. The van der Waals surface area contributed by atoms with Crippen LogP contribution in [0.1, 0.15) is 5.56 Å². The minimum absolute atomic E-state index is 0.0190. The summed E-state index contributed by atoms with van der Waals surface area (Å²) in [5.41, 5.74) is 3.74. The molecule has 0 saturated carbocycles. The van der Waals surface area contributed by atoms with Crippen LogP contribution in [0.4, 0.5) is 5.69 Å². The topological polar surface area (TPSA) is 67.9 Å². The normalized spacial score (nSPS) is 15.1. The van der Waals surface area contributed by atoms with E-state index in [0.29, 0.717) is 22.7 Å². The van der Waals surface area contributed by atoms with Crippen molar-refractivity contribution in [2.24, 2.45) is 0 Å². The van der Waals surface area contributed by atoms with Crippen LogP contribution >= 0.6 is 0 Å². The summed E-state index contributed by atoms with van der Waals surface area (Å²) in [7, 11) is 1.53. The molecule has 2 amide bonds. The first-order valence-corrected chi connectivity index (χ1v) is 7.98. The molecule has 2 aromatic carbocycles. The van der Waals surface area contributed by atoms with Crippen LogP contribution in [-0.4, -0.2) is 25.5 Å². The summed E-state index contributed by atoms with van der Waals surface area (Å²) in [6.45, 7) is 3.90. The highest BCUT2D eigenvalue weighted by Crippen LogP contribution is 2.33. The van der Waals surface area contributed by atoms with E-state index in [1.807, 2.05) is 6.07 Å². The Balaban J connectivity index is 1.98. The summed E-state index contributed by atoms with van der Waals surface area (Å²) in [5.74, 6) is 0.0446. The second kappa shape index (κ2) is 7.57. The van der Waals surface area contributed by atoms with Crippen LogP contribution in [-0.2, 0) is 9.59 Å². The number of anilines is 1. The van der Waals surface area contributed by atoms with Crippen molar-refractivity contribution < 1.29 is 19.1 Å². The van der Waals surface area contributed by atoms with E-state index in [2.05, 4.69) is 12.0 Å². The van der Waals surface area contributed by atoms with Crippen molar-refractivity contribution in [2.75, 3.05) is 18.7 Å². The predicted molar refractivity (Wildman–Crippen MR) is 98.7 cm³/mol. The Bertz CT molecular complexity index is 875. The zero-order chi connectivity index (χ0) is 18.5. The molecule has 6 heteroatoms. The Kier molecular flexibility index (Phi) is 5.03. The molecular formula is C20H18N2O4. The highest BCUT2D eigenvalue weighted by atomic mass is 16.5. The van der Waals surface area contributed by atoms with Crippen LogP contribution in [0.2, 0.25) is 0 Å². The lowest BCUT2D eigenvalue weighted by Crippen LogP contribution is -2.35. The van der Waals surface area contributed by atoms with E-state index in [4.69, 9.17) is 9.47 Å². The largest absolute Gasteiger partial charge is 0.493 e. The quantitative estimate of drug-likeness (QED) is 0.494. The van der Waals surface area contributed by atoms with E-state index in [1.54, 1.807) is 48.5 Å². The first kappa shape index (κ1) is 17.3. The van der Waals surface area contributed by atoms with Crippen LogP contribution < -0.4 is 19.9 Å². The smallest absolute Gasteiger partial charge is 0.282 e. The van der Waals surface area contributed by atoms with Crippen molar-refractivity contribution in [3.05, 3.63) is 72.3 Å². The Morgan fingerprint density at radius 1 is 1.12 bits per heavy atom. The van der Waals surface area contributed by atoms with Gasteiger partial charge in [-0.25, -0.2) is 5.01 Å². The number of benzene rings is 2. The molecule has 0 unspecified atom stereocenters. The highest BCUT2D eigenvalue weighted by molar-refractivity contribution is 6.31. The number of carbonyl (C=O) groups is 2. The summed E-state index contributed by atoms with van der Waals surface area (Å²) in [5, 5.41) is 1.22. The Morgan fingerprint density at radius 3 is 2.58 bits per heavy atom. The number of nitrogens with zero attached hydrogens (tertiary/aromatic N) is 1. The second-order valence-corrected chi connectivity index (χ2v) is 5.45. The molecule has 1 N–H and O–H groups in total. The highest BCUT2D eigenvalue weighted by Gasteiger charge is 2.34. The fourth-order valence-corrected chi connectivity index (χ4v) is 2.58. The van der Waals surface area contributed by atoms with Gasteiger partial charge < -0.3 is 9.47 Å². The van der Waals surface area contributed by atoms with E-state index in [9.17, 15) is 9.59 Å². The van der Waals surface area contributed by atoms with Crippen LogP contribution in [0.5, 0.6) is 11.5 Å². The van der Waals surface area contributed by atoms with Gasteiger partial charge >= 0.3 is 0 Å². The number of hydrogen-bond donors (Lipinski definition) is 1. The fraction of sp³-hybridized carbons (Fsp3) is 0.100. The number of nitrogens with one attached hydrogen (secondary N) is 1. The van der Waals surface area contributed by atoms with Gasteiger partial charge in [0.25, 0.3) is 11.8 Å². The van der Waals surface area contributed by atoms with E-state index in [-0.39, 0.29) is 12.2 Å². The maximum atomic E-state index is 12.7. The molecule has 0 aliphatic carbocycles. The lowest BCUT2D eigenvalue weighted by molar-refractivity contribution is -0.117. The van der Waals surface area contributed by atoms with Gasteiger partial charge in [-0.1, -0.05) is 43.0 Å². The summed E-state index contributed by atoms with van der Waals surface area (Å²) < 4.78 is 11.0. The average Bonchev–Trinajstić information content (AvgIpc) is 2.95. The molecule has 1 aliphatic rings. The molecule has 1 heterocycles. The zero-order valence-corrected chi connectivity index (χ0v) is 14.3. The molecule has 6 nitrogen and oxygen atoms in total. The number of para-hydroxylation sites is 2. The average molecular weight is 350 g/mol. The van der Waals surface area contributed by atoms with Gasteiger partial charge in [-0.15, -0.1) is 0 Å². The van der Waals surface area contributed by atoms with Gasteiger partial charge in [0.1, 0.15) is 12.2 Å². The van der Waals surface area contributed by atoms with Crippen molar-refractivity contribution in [2.45, 2.75) is 0 Å². The molecule has 1 saturated heterocycles.